The third kappa shape index (κ3) is 3.56. The molecule has 0 aliphatic heterocycles. The number of carbonyl (C=O) groups excluding carboxylic acids is 1. The molecule has 0 spiro atoms. The van der Waals surface area contributed by atoms with Crippen molar-refractivity contribution >= 4 is 27.8 Å². The van der Waals surface area contributed by atoms with Gasteiger partial charge in [-0.1, -0.05) is 34.1 Å². The molecule has 5 heteroatoms. The van der Waals surface area contributed by atoms with E-state index in [-0.39, 0.29) is 12.3 Å². The number of hydrogen-bond acceptors (Lipinski definition) is 2. The highest BCUT2D eigenvalue weighted by molar-refractivity contribution is 9.10. The van der Waals surface area contributed by atoms with Gasteiger partial charge in [-0.25, -0.2) is 4.79 Å². The zero-order valence-electron chi connectivity index (χ0n) is 9.66. The first kappa shape index (κ1) is 13.7. The number of benzene rings is 1. The molecule has 1 aromatic rings. The van der Waals surface area contributed by atoms with Gasteiger partial charge in [0.05, 0.1) is 0 Å². The van der Waals surface area contributed by atoms with Crippen molar-refractivity contribution in [2.75, 3.05) is 0 Å². The van der Waals surface area contributed by atoms with Crippen LogP contribution in [0.15, 0.2) is 28.7 Å². The summed E-state index contributed by atoms with van der Waals surface area (Å²) >= 11 is 3.36. The summed E-state index contributed by atoms with van der Waals surface area (Å²) in [6.07, 6.45) is 0.226. The Labute approximate surface area is 108 Å². The predicted molar refractivity (Wildman–Crippen MR) is 67.7 cm³/mol. The first-order chi connectivity index (χ1) is 7.85. The Hall–Kier alpha value is -1.36. The van der Waals surface area contributed by atoms with Crippen LogP contribution in [0.1, 0.15) is 19.4 Å². The number of carboxylic acids is 1. The fourth-order valence-electron chi connectivity index (χ4n) is 1.58. The quantitative estimate of drug-likeness (QED) is 0.893. The van der Waals surface area contributed by atoms with Crippen LogP contribution in [0, 0.1) is 0 Å². The second-order valence-electron chi connectivity index (χ2n) is 4.09. The Morgan fingerprint density at radius 2 is 2.00 bits per heavy atom. The SMILES string of the molecule is CC(=O)NC(C)(Cc1ccccc1Br)C(=O)O. The molecule has 1 atom stereocenters. The van der Waals surface area contributed by atoms with E-state index in [9.17, 15) is 14.7 Å². The van der Waals surface area contributed by atoms with Gasteiger partial charge in [-0.15, -0.1) is 0 Å². The molecule has 2 N–H and O–H groups in total. The summed E-state index contributed by atoms with van der Waals surface area (Å²) in [5.74, 6) is -1.41. The molecule has 0 radical (unpaired) electrons. The van der Waals surface area contributed by atoms with E-state index in [0.717, 1.165) is 10.0 Å². The second-order valence-corrected chi connectivity index (χ2v) is 4.94. The number of aliphatic carboxylic acids is 1. The van der Waals surface area contributed by atoms with Crippen LogP contribution in [-0.2, 0) is 16.0 Å². The number of amides is 1. The van der Waals surface area contributed by atoms with Gasteiger partial charge < -0.3 is 10.4 Å². The van der Waals surface area contributed by atoms with E-state index in [2.05, 4.69) is 21.2 Å². The summed E-state index contributed by atoms with van der Waals surface area (Å²) in [5, 5.41) is 11.7. The van der Waals surface area contributed by atoms with E-state index in [1.165, 1.54) is 13.8 Å². The number of hydrogen-bond donors (Lipinski definition) is 2. The number of nitrogens with one attached hydrogen (secondary N) is 1. The maximum atomic E-state index is 11.2. The lowest BCUT2D eigenvalue weighted by atomic mass is 9.93. The molecule has 0 heterocycles. The van der Waals surface area contributed by atoms with Crippen molar-refractivity contribution < 1.29 is 14.7 Å². The third-order valence-electron chi connectivity index (χ3n) is 2.43. The largest absolute Gasteiger partial charge is 0.480 e. The Morgan fingerprint density at radius 1 is 1.41 bits per heavy atom. The minimum atomic E-state index is -1.30. The van der Waals surface area contributed by atoms with Gasteiger partial charge in [-0.3, -0.25) is 4.79 Å². The fraction of sp³-hybridized carbons (Fsp3) is 0.333. The van der Waals surface area contributed by atoms with Crippen LogP contribution < -0.4 is 5.32 Å². The standard InChI is InChI=1S/C12H14BrNO3/c1-8(15)14-12(2,11(16)17)7-9-5-3-4-6-10(9)13/h3-6H,7H2,1-2H3,(H,14,15)(H,16,17). The summed E-state index contributed by atoms with van der Waals surface area (Å²) in [4.78, 5) is 22.3. The van der Waals surface area contributed by atoms with Crippen molar-refractivity contribution in [3.05, 3.63) is 34.3 Å². The molecule has 0 aliphatic carbocycles. The van der Waals surface area contributed by atoms with Crippen LogP contribution >= 0.6 is 15.9 Å². The monoisotopic (exact) mass is 299 g/mol. The molecule has 0 saturated carbocycles. The van der Waals surface area contributed by atoms with Crippen molar-refractivity contribution in [1.82, 2.24) is 5.32 Å². The van der Waals surface area contributed by atoms with Gasteiger partial charge in [0, 0.05) is 17.8 Å². The van der Waals surface area contributed by atoms with Gasteiger partial charge in [0.2, 0.25) is 5.91 Å². The third-order valence-corrected chi connectivity index (χ3v) is 3.20. The minimum Gasteiger partial charge on any atom is -0.480 e. The molecule has 4 nitrogen and oxygen atoms in total. The maximum absolute atomic E-state index is 11.2. The zero-order valence-corrected chi connectivity index (χ0v) is 11.2. The molecule has 0 aromatic heterocycles. The molecule has 0 saturated heterocycles. The van der Waals surface area contributed by atoms with Crippen molar-refractivity contribution in [3.63, 3.8) is 0 Å². The van der Waals surface area contributed by atoms with Gasteiger partial charge in [-0.2, -0.15) is 0 Å². The molecule has 1 unspecified atom stereocenters. The van der Waals surface area contributed by atoms with E-state index in [1.807, 2.05) is 24.3 Å². The summed E-state index contributed by atoms with van der Waals surface area (Å²) < 4.78 is 0.831. The van der Waals surface area contributed by atoms with Crippen LogP contribution in [0.25, 0.3) is 0 Å². The van der Waals surface area contributed by atoms with Crippen LogP contribution in [0.2, 0.25) is 0 Å². The highest BCUT2D eigenvalue weighted by atomic mass is 79.9. The molecular formula is C12H14BrNO3. The Kier molecular flexibility index (Phi) is 4.28. The van der Waals surface area contributed by atoms with Crippen LogP contribution in [0.3, 0.4) is 0 Å². The highest BCUT2D eigenvalue weighted by Gasteiger charge is 2.34. The van der Waals surface area contributed by atoms with E-state index in [0.29, 0.717) is 0 Å². The van der Waals surface area contributed by atoms with Crippen molar-refractivity contribution in [3.8, 4) is 0 Å². The first-order valence-electron chi connectivity index (χ1n) is 5.11. The summed E-state index contributed by atoms with van der Waals surface area (Å²) in [7, 11) is 0. The number of rotatable bonds is 4. The van der Waals surface area contributed by atoms with Gasteiger partial charge in [0.1, 0.15) is 5.54 Å². The Morgan fingerprint density at radius 3 is 2.47 bits per heavy atom. The normalized spacial score (nSPS) is 13.8. The smallest absolute Gasteiger partial charge is 0.329 e. The van der Waals surface area contributed by atoms with Gasteiger partial charge in [-0.05, 0) is 18.6 Å². The molecule has 0 aliphatic rings. The minimum absolute atomic E-state index is 0.226. The Balaban J connectivity index is 2.99. The topological polar surface area (TPSA) is 66.4 Å². The lowest BCUT2D eigenvalue weighted by Crippen LogP contribution is -2.53. The van der Waals surface area contributed by atoms with E-state index >= 15 is 0 Å². The fourth-order valence-corrected chi connectivity index (χ4v) is 2.01. The second kappa shape index (κ2) is 5.31. The zero-order chi connectivity index (χ0) is 13.1. The van der Waals surface area contributed by atoms with E-state index in [1.54, 1.807) is 0 Å². The lowest BCUT2D eigenvalue weighted by Gasteiger charge is -2.26. The molecular weight excluding hydrogens is 286 g/mol. The highest BCUT2D eigenvalue weighted by Crippen LogP contribution is 2.21. The maximum Gasteiger partial charge on any atom is 0.329 e. The number of halogens is 1. The molecule has 0 bridgehead atoms. The van der Waals surface area contributed by atoms with Crippen LogP contribution in [0.5, 0.6) is 0 Å². The first-order valence-corrected chi connectivity index (χ1v) is 5.90. The van der Waals surface area contributed by atoms with Crippen molar-refractivity contribution in [1.29, 1.82) is 0 Å². The van der Waals surface area contributed by atoms with Crippen LogP contribution in [0.4, 0.5) is 0 Å². The van der Waals surface area contributed by atoms with Gasteiger partial charge >= 0.3 is 5.97 Å². The number of carbonyl (C=O) groups is 2. The van der Waals surface area contributed by atoms with Crippen LogP contribution in [-0.4, -0.2) is 22.5 Å². The van der Waals surface area contributed by atoms with Crippen molar-refractivity contribution in [2.45, 2.75) is 25.8 Å². The average Bonchev–Trinajstić information content (AvgIpc) is 2.20. The van der Waals surface area contributed by atoms with Gasteiger partial charge in [0.25, 0.3) is 0 Å². The molecule has 0 fully saturated rings. The lowest BCUT2D eigenvalue weighted by molar-refractivity contribution is -0.146. The molecule has 1 rings (SSSR count). The van der Waals surface area contributed by atoms with E-state index in [4.69, 9.17) is 0 Å². The molecule has 92 valence electrons. The predicted octanol–water partition coefficient (Wildman–Crippen LogP) is 1.97. The summed E-state index contributed by atoms with van der Waals surface area (Å²) in [6, 6.07) is 7.35. The molecule has 17 heavy (non-hydrogen) atoms. The summed E-state index contributed by atoms with van der Waals surface area (Å²) in [6.45, 7) is 2.80. The van der Waals surface area contributed by atoms with Gasteiger partial charge in [0.15, 0.2) is 0 Å². The van der Waals surface area contributed by atoms with E-state index < -0.39 is 11.5 Å². The van der Waals surface area contributed by atoms with Crippen molar-refractivity contribution in [2.24, 2.45) is 0 Å². The average molecular weight is 300 g/mol. The molecule has 1 amide bonds. The number of carboxylic acid groups (broad SMARTS) is 1. The molecule has 1 aromatic carbocycles. The summed E-state index contributed by atoms with van der Waals surface area (Å²) in [5.41, 5.74) is -0.457. The Bertz CT molecular complexity index is 447.